The van der Waals surface area contributed by atoms with Crippen LogP contribution in [0.4, 0.5) is 0 Å². The van der Waals surface area contributed by atoms with Crippen LogP contribution in [0, 0.1) is 0 Å². The molecule has 0 unspecified atom stereocenters. The summed E-state index contributed by atoms with van der Waals surface area (Å²) in [5, 5.41) is 20.1. The molecule has 0 radical (unpaired) electrons. The van der Waals surface area contributed by atoms with Crippen molar-refractivity contribution >= 4 is 17.4 Å². The van der Waals surface area contributed by atoms with Crippen LogP contribution in [0.1, 0.15) is 24.1 Å². The molecule has 1 aliphatic heterocycles. The lowest BCUT2D eigenvalue weighted by molar-refractivity contribution is -0.140. The molecule has 1 amide bonds. The third kappa shape index (κ3) is 5.16. The summed E-state index contributed by atoms with van der Waals surface area (Å²) in [5.74, 6) is -0.356. The highest BCUT2D eigenvalue weighted by atomic mass is 16.5. The van der Waals surface area contributed by atoms with Crippen LogP contribution in [-0.2, 0) is 14.3 Å². The van der Waals surface area contributed by atoms with Crippen LogP contribution in [0.15, 0.2) is 48.0 Å². The molecular weight excluding hydrogens is 442 g/mol. The molecule has 3 rings (SSSR count). The monoisotopic (exact) mass is 471 g/mol. The number of aliphatic hydroxyl groups excluding tert-OH is 2. The van der Waals surface area contributed by atoms with Crippen molar-refractivity contribution < 1.29 is 38.7 Å². The van der Waals surface area contributed by atoms with E-state index in [1.54, 1.807) is 42.5 Å². The Bertz CT molecular complexity index is 1050. The van der Waals surface area contributed by atoms with Crippen molar-refractivity contribution in [2.75, 3.05) is 47.2 Å². The quantitative estimate of drug-likeness (QED) is 0.222. The van der Waals surface area contributed by atoms with Gasteiger partial charge in [0.15, 0.2) is 0 Å². The van der Waals surface area contributed by atoms with Crippen molar-refractivity contribution in [1.29, 1.82) is 0 Å². The summed E-state index contributed by atoms with van der Waals surface area (Å²) in [6.07, 6.45) is 0. The highest BCUT2D eigenvalue weighted by Crippen LogP contribution is 2.43. The first-order chi connectivity index (χ1) is 16.5. The second-order valence-electron chi connectivity index (χ2n) is 7.39. The van der Waals surface area contributed by atoms with E-state index < -0.39 is 17.7 Å². The summed E-state index contributed by atoms with van der Waals surface area (Å²) in [6.45, 7) is 2.45. The van der Waals surface area contributed by atoms with Gasteiger partial charge in [-0.05, 0) is 49.4 Å². The molecule has 0 spiro atoms. The zero-order valence-corrected chi connectivity index (χ0v) is 19.4. The smallest absolute Gasteiger partial charge is 0.295 e. The average molecular weight is 472 g/mol. The summed E-state index contributed by atoms with van der Waals surface area (Å²) in [4.78, 5) is 27.5. The molecule has 9 heteroatoms. The maximum absolute atomic E-state index is 13.1. The number of ketones is 1. The summed E-state index contributed by atoms with van der Waals surface area (Å²) < 4.78 is 21.6. The third-order valence-electron chi connectivity index (χ3n) is 5.42. The van der Waals surface area contributed by atoms with Crippen molar-refractivity contribution in [1.82, 2.24) is 4.90 Å². The molecule has 2 N–H and O–H groups in total. The summed E-state index contributed by atoms with van der Waals surface area (Å²) >= 11 is 0. The van der Waals surface area contributed by atoms with Gasteiger partial charge in [0.05, 0.1) is 52.3 Å². The average Bonchev–Trinajstić information content (AvgIpc) is 3.11. The fourth-order valence-electron chi connectivity index (χ4n) is 3.85. The van der Waals surface area contributed by atoms with Gasteiger partial charge in [-0.2, -0.15) is 0 Å². The summed E-state index contributed by atoms with van der Waals surface area (Å²) in [5.41, 5.74) is 0.781. The van der Waals surface area contributed by atoms with Gasteiger partial charge in [0.1, 0.15) is 23.0 Å². The Morgan fingerprint density at radius 2 is 1.71 bits per heavy atom. The zero-order valence-electron chi connectivity index (χ0n) is 19.4. The maximum Gasteiger partial charge on any atom is 0.295 e. The van der Waals surface area contributed by atoms with E-state index in [1.807, 2.05) is 6.92 Å². The number of carbonyl (C=O) groups is 2. The number of methoxy groups -OCH3 is 2. The van der Waals surface area contributed by atoms with E-state index in [1.165, 1.54) is 19.1 Å². The molecular formula is C25H29NO8. The standard InChI is InChI=1S/C25H29NO8/c1-4-34-17-7-5-16(6-8-17)23(28)21-22(19-15-18(31-2)9-10-20(19)32-3)26(25(30)24(21)29)11-13-33-14-12-27/h5-10,15,22,27-28H,4,11-14H2,1-3H3/t22-/m1/s1. The Morgan fingerprint density at radius 3 is 2.32 bits per heavy atom. The number of hydrogen-bond donors (Lipinski definition) is 2. The van der Waals surface area contributed by atoms with Gasteiger partial charge in [0.25, 0.3) is 11.7 Å². The highest BCUT2D eigenvalue weighted by Gasteiger charge is 2.47. The molecule has 0 bridgehead atoms. The number of amides is 1. The molecule has 1 fully saturated rings. The van der Waals surface area contributed by atoms with Crippen molar-refractivity contribution in [2.24, 2.45) is 0 Å². The number of ether oxygens (including phenoxy) is 4. The molecule has 0 aromatic heterocycles. The fourth-order valence-corrected chi connectivity index (χ4v) is 3.85. The van der Waals surface area contributed by atoms with Gasteiger partial charge < -0.3 is 34.1 Å². The molecule has 34 heavy (non-hydrogen) atoms. The predicted molar refractivity (Wildman–Crippen MR) is 124 cm³/mol. The second kappa shape index (κ2) is 11.5. The SMILES string of the molecule is CCOc1ccc(C(O)=C2C(=O)C(=O)N(CCOCCO)[C@@H]2c2cc(OC)ccc2OC)cc1. The van der Waals surface area contributed by atoms with Gasteiger partial charge in [0.2, 0.25) is 0 Å². The Kier molecular flexibility index (Phi) is 8.50. The van der Waals surface area contributed by atoms with E-state index in [-0.39, 0.29) is 37.7 Å². The minimum atomic E-state index is -0.936. The van der Waals surface area contributed by atoms with Crippen molar-refractivity contribution in [2.45, 2.75) is 13.0 Å². The molecule has 0 saturated carbocycles. The van der Waals surface area contributed by atoms with E-state index in [9.17, 15) is 14.7 Å². The predicted octanol–water partition coefficient (Wildman–Crippen LogP) is 2.53. The Balaban J connectivity index is 2.13. The van der Waals surface area contributed by atoms with Crippen molar-refractivity contribution in [3.63, 3.8) is 0 Å². The number of aliphatic hydroxyl groups is 2. The van der Waals surface area contributed by atoms with Crippen LogP contribution in [0.3, 0.4) is 0 Å². The Labute approximate surface area is 198 Å². The lowest BCUT2D eigenvalue weighted by Gasteiger charge is -2.26. The normalized spacial score (nSPS) is 17.2. The van der Waals surface area contributed by atoms with Gasteiger partial charge in [-0.15, -0.1) is 0 Å². The first-order valence-electron chi connectivity index (χ1n) is 10.9. The molecule has 2 aromatic carbocycles. The van der Waals surface area contributed by atoms with Gasteiger partial charge in [-0.1, -0.05) is 0 Å². The van der Waals surface area contributed by atoms with Crippen molar-refractivity contribution in [3.8, 4) is 17.2 Å². The molecule has 1 heterocycles. The molecule has 2 aromatic rings. The van der Waals surface area contributed by atoms with Crippen LogP contribution >= 0.6 is 0 Å². The number of rotatable bonds is 11. The number of likely N-dealkylation sites (tertiary alicyclic amines) is 1. The number of Topliss-reactive ketones (excluding diaryl/α,β-unsaturated/α-hetero) is 1. The zero-order chi connectivity index (χ0) is 24.7. The molecule has 9 nitrogen and oxygen atoms in total. The number of nitrogens with zero attached hydrogens (tertiary/aromatic N) is 1. The first kappa shape index (κ1) is 25.1. The second-order valence-corrected chi connectivity index (χ2v) is 7.39. The molecule has 182 valence electrons. The van der Waals surface area contributed by atoms with Gasteiger partial charge >= 0.3 is 0 Å². The van der Waals surface area contributed by atoms with E-state index in [4.69, 9.17) is 24.1 Å². The topological polar surface area (TPSA) is 115 Å². The molecule has 1 saturated heterocycles. The van der Waals surface area contributed by atoms with Gasteiger partial charge in [-0.3, -0.25) is 9.59 Å². The molecule has 1 atom stereocenters. The summed E-state index contributed by atoms with van der Waals surface area (Å²) in [7, 11) is 2.99. The van der Waals surface area contributed by atoms with Crippen LogP contribution < -0.4 is 14.2 Å². The summed E-state index contributed by atoms with van der Waals surface area (Å²) in [6, 6.07) is 10.7. The number of carbonyl (C=O) groups excluding carboxylic acids is 2. The minimum absolute atomic E-state index is 0.0651. The fraction of sp³-hybridized carbons (Fsp3) is 0.360. The largest absolute Gasteiger partial charge is 0.507 e. The first-order valence-corrected chi connectivity index (χ1v) is 10.9. The maximum atomic E-state index is 13.1. The highest BCUT2D eigenvalue weighted by molar-refractivity contribution is 6.46. The Hall–Kier alpha value is -3.56. The minimum Gasteiger partial charge on any atom is -0.507 e. The van der Waals surface area contributed by atoms with E-state index in [0.717, 1.165) is 0 Å². The van der Waals surface area contributed by atoms with E-state index in [2.05, 4.69) is 0 Å². The van der Waals surface area contributed by atoms with E-state index in [0.29, 0.717) is 35.0 Å². The van der Waals surface area contributed by atoms with Crippen LogP contribution in [-0.4, -0.2) is 74.0 Å². The van der Waals surface area contributed by atoms with Crippen LogP contribution in [0.5, 0.6) is 17.2 Å². The van der Waals surface area contributed by atoms with E-state index >= 15 is 0 Å². The lowest BCUT2D eigenvalue weighted by atomic mass is 9.94. The third-order valence-corrected chi connectivity index (χ3v) is 5.42. The van der Waals surface area contributed by atoms with Crippen LogP contribution in [0.2, 0.25) is 0 Å². The molecule has 1 aliphatic rings. The van der Waals surface area contributed by atoms with Gasteiger partial charge in [-0.25, -0.2) is 0 Å². The number of benzene rings is 2. The van der Waals surface area contributed by atoms with Gasteiger partial charge in [0, 0.05) is 17.7 Å². The van der Waals surface area contributed by atoms with Crippen molar-refractivity contribution in [3.05, 3.63) is 59.2 Å². The van der Waals surface area contributed by atoms with Crippen LogP contribution in [0.25, 0.3) is 5.76 Å². The number of hydrogen-bond acceptors (Lipinski definition) is 8. The molecule has 0 aliphatic carbocycles. The Morgan fingerprint density at radius 1 is 1.00 bits per heavy atom. The lowest BCUT2D eigenvalue weighted by Crippen LogP contribution is -2.33.